The highest BCUT2D eigenvalue weighted by Gasteiger charge is 2.20. The fourth-order valence-electron chi connectivity index (χ4n) is 3.74. The van der Waals surface area contributed by atoms with Crippen molar-refractivity contribution in [2.75, 3.05) is 11.9 Å². The molecule has 8 nitrogen and oxygen atoms in total. The second-order valence-electron chi connectivity index (χ2n) is 8.42. The van der Waals surface area contributed by atoms with E-state index in [0.717, 1.165) is 5.56 Å². The second kappa shape index (κ2) is 12.3. The number of nitrogens with zero attached hydrogens (tertiary/aromatic N) is 1. The number of anilines is 1. The van der Waals surface area contributed by atoms with Gasteiger partial charge in [0.25, 0.3) is 0 Å². The van der Waals surface area contributed by atoms with Crippen molar-refractivity contribution in [2.24, 2.45) is 0 Å². The van der Waals surface area contributed by atoms with Crippen LogP contribution in [0.3, 0.4) is 0 Å². The Kier molecular flexibility index (Phi) is 8.66. The van der Waals surface area contributed by atoms with Crippen LogP contribution in [0, 0.1) is 6.92 Å². The minimum atomic E-state index is -0.656. The Balaban J connectivity index is 1.40. The number of aromatic nitrogens is 1. The summed E-state index contributed by atoms with van der Waals surface area (Å²) in [5, 5.41) is 7.25. The first-order valence-electron chi connectivity index (χ1n) is 12.0. The van der Waals surface area contributed by atoms with E-state index in [0.29, 0.717) is 51.4 Å². The lowest BCUT2D eigenvalue weighted by atomic mass is 10.1. The number of hydrogen-bond donors (Lipinski definition) is 1. The predicted octanol–water partition coefficient (Wildman–Crippen LogP) is 7.51. The number of aryl methyl sites for hydroxylation is 1. The summed E-state index contributed by atoms with van der Waals surface area (Å²) in [5.41, 5.74) is 3.15. The molecule has 0 radical (unpaired) electrons. The molecule has 0 aliphatic heterocycles. The summed E-state index contributed by atoms with van der Waals surface area (Å²) in [7, 11) is 0. The van der Waals surface area contributed by atoms with Gasteiger partial charge in [0.1, 0.15) is 29.0 Å². The van der Waals surface area contributed by atoms with E-state index in [2.05, 4.69) is 10.5 Å². The predicted molar refractivity (Wildman–Crippen MR) is 143 cm³/mol. The van der Waals surface area contributed by atoms with Crippen LogP contribution in [-0.2, 0) is 20.7 Å². The summed E-state index contributed by atoms with van der Waals surface area (Å²) in [6.07, 6.45) is -0.998. The van der Waals surface area contributed by atoms with Crippen molar-refractivity contribution >= 4 is 29.4 Å². The molecule has 4 rings (SSSR count). The minimum absolute atomic E-state index is 0.211. The minimum Gasteiger partial charge on any atom is -0.466 e. The maximum atomic E-state index is 12.6. The molecular weight excluding hydrogens is 508 g/mol. The monoisotopic (exact) mass is 534 g/mol. The van der Waals surface area contributed by atoms with Crippen LogP contribution in [-0.4, -0.2) is 23.8 Å². The maximum Gasteiger partial charge on any atom is 0.412 e. The molecule has 0 fully saturated rings. The summed E-state index contributed by atoms with van der Waals surface area (Å²) >= 11 is 6.21. The van der Waals surface area contributed by atoms with Gasteiger partial charge in [0.15, 0.2) is 5.76 Å². The molecule has 38 heavy (non-hydrogen) atoms. The van der Waals surface area contributed by atoms with Crippen LogP contribution in [0.1, 0.15) is 36.8 Å². The molecule has 1 heterocycles. The Morgan fingerprint density at radius 2 is 1.66 bits per heavy atom. The third kappa shape index (κ3) is 6.72. The van der Waals surface area contributed by atoms with Crippen molar-refractivity contribution in [2.45, 2.75) is 33.3 Å². The smallest absolute Gasteiger partial charge is 0.412 e. The van der Waals surface area contributed by atoms with Gasteiger partial charge in [-0.25, -0.2) is 4.79 Å². The Bertz CT molecular complexity index is 1400. The number of ether oxygens (including phenoxy) is 3. The zero-order valence-corrected chi connectivity index (χ0v) is 22.0. The number of benzene rings is 3. The largest absolute Gasteiger partial charge is 0.466 e. The highest BCUT2D eigenvalue weighted by atomic mass is 35.5. The summed E-state index contributed by atoms with van der Waals surface area (Å²) < 4.78 is 21.9. The van der Waals surface area contributed by atoms with E-state index in [1.165, 1.54) is 0 Å². The second-order valence-corrected chi connectivity index (χ2v) is 8.83. The third-order valence-corrected chi connectivity index (χ3v) is 5.99. The molecule has 9 heteroatoms. The van der Waals surface area contributed by atoms with Crippen LogP contribution in [0.15, 0.2) is 77.3 Å². The number of halogens is 1. The molecule has 1 N–H and O–H groups in total. The highest BCUT2D eigenvalue weighted by Crippen LogP contribution is 2.33. The van der Waals surface area contributed by atoms with Gasteiger partial charge in [-0.2, -0.15) is 0 Å². The average molecular weight is 535 g/mol. The first kappa shape index (κ1) is 26.8. The third-order valence-electron chi connectivity index (χ3n) is 5.65. The number of nitrogens with one attached hydrogen (secondary N) is 1. The normalized spacial score (nSPS) is 11.5. The zero-order valence-electron chi connectivity index (χ0n) is 21.2. The van der Waals surface area contributed by atoms with Gasteiger partial charge >= 0.3 is 12.1 Å². The lowest BCUT2D eigenvalue weighted by Gasteiger charge is -2.15. The molecule has 1 aromatic heterocycles. The first-order chi connectivity index (χ1) is 18.3. The summed E-state index contributed by atoms with van der Waals surface area (Å²) in [6.45, 7) is 5.60. The average Bonchev–Trinajstić information content (AvgIpc) is 3.25. The number of carbonyl (C=O) groups excluding carboxylic acids is 2. The lowest BCUT2D eigenvalue weighted by molar-refractivity contribution is -0.142. The van der Waals surface area contributed by atoms with E-state index >= 15 is 0 Å². The Hall–Kier alpha value is -4.30. The first-order valence-corrected chi connectivity index (χ1v) is 12.4. The van der Waals surface area contributed by atoms with Gasteiger partial charge in [0.05, 0.1) is 13.0 Å². The molecule has 0 saturated carbocycles. The zero-order chi connectivity index (χ0) is 27.1. The topological polar surface area (TPSA) is 99.9 Å². The molecule has 0 aliphatic carbocycles. The van der Waals surface area contributed by atoms with Crippen LogP contribution in [0.25, 0.3) is 11.3 Å². The fraction of sp³-hybridized carbons (Fsp3) is 0.207. The Morgan fingerprint density at radius 1 is 1.00 bits per heavy atom. The van der Waals surface area contributed by atoms with Crippen molar-refractivity contribution < 1.29 is 28.3 Å². The van der Waals surface area contributed by atoms with Gasteiger partial charge in [-0.3, -0.25) is 10.1 Å². The standard InChI is InChI=1S/C29H27ClN2O6/c1-4-35-26(33)17-20-9-13-22(14-10-20)37-23-15-11-21(12-16-23)28-27(18(2)32-38-28)31-29(34)36-19(3)24-7-5-6-8-25(24)30/h5-16,19H,4,17H2,1-3H3,(H,31,34). The molecule has 1 amide bonds. The summed E-state index contributed by atoms with van der Waals surface area (Å²) in [6, 6.07) is 21.6. The quantitative estimate of drug-likeness (QED) is 0.222. The van der Waals surface area contributed by atoms with Crippen LogP contribution < -0.4 is 10.1 Å². The molecule has 0 saturated heterocycles. The molecule has 1 atom stereocenters. The Labute approximate surface area is 225 Å². The number of carbonyl (C=O) groups is 2. The van der Waals surface area contributed by atoms with E-state index in [1.54, 1.807) is 69.3 Å². The number of rotatable bonds is 9. The van der Waals surface area contributed by atoms with Crippen LogP contribution in [0.4, 0.5) is 10.5 Å². The molecule has 1 unspecified atom stereocenters. The molecule has 0 spiro atoms. The van der Waals surface area contributed by atoms with Crippen molar-refractivity contribution in [3.8, 4) is 22.8 Å². The molecule has 196 valence electrons. The van der Waals surface area contributed by atoms with Crippen LogP contribution in [0.5, 0.6) is 11.5 Å². The van der Waals surface area contributed by atoms with Gasteiger partial charge in [-0.1, -0.05) is 47.1 Å². The summed E-state index contributed by atoms with van der Waals surface area (Å²) in [4.78, 5) is 24.3. The van der Waals surface area contributed by atoms with Gasteiger partial charge < -0.3 is 18.7 Å². The van der Waals surface area contributed by atoms with E-state index < -0.39 is 12.2 Å². The van der Waals surface area contributed by atoms with Gasteiger partial charge in [0.2, 0.25) is 0 Å². The number of amides is 1. The molecule has 4 aromatic rings. The van der Waals surface area contributed by atoms with Crippen molar-refractivity contribution in [3.63, 3.8) is 0 Å². The molecule has 0 aliphatic rings. The maximum absolute atomic E-state index is 12.6. The van der Waals surface area contributed by atoms with Crippen LogP contribution in [0.2, 0.25) is 5.02 Å². The van der Waals surface area contributed by atoms with E-state index in [4.69, 9.17) is 30.3 Å². The summed E-state index contributed by atoms with van der Waals surface area (Å²) in [5.74, 6) is 1.35. The lowest BCUT2D eigenvalue weighted by Crippen LogP contribution is -2.17. The van der Waals surface area contributed by atoms with E-state index in [-0.39, 0.29) is 12.4 Å². The van der Waals surface area contributed by atoms with Crippen molar-refractivity contribution in [1.82, 2.24) is 5.16 Å². The number of hydrogen-bond acceptors (Lipinski definition) is 7. The van der Waals surface area contributed by atoms with Crippen molar-refractivity contribution in [1.29, 1.82) is 0 Å². The van der Waals surface area contributed by atoms with E-state index in [9.17, 15) is 9.59 Å². The fourth-order valence-corrected chi connectivity index (χ4v) is 4.03. The van der Waals surface area contributed by atoms with Gasteiger partial charge in [0, 0.05) is 16.1 Å². The van der Waals surface area contributed by atoms with Crippen molar-refractivity contribution in [3.05, 3.63) is 94.6 Å². The SMILES string of the molecule is CCOC(=O)Cc1ccc(Oc2ccc(-c3onc(C)c3NC(=O)OC(C)c3ccccc3Cl)cc2)cc1. The van der Waals surface area contributed by atoms with Gasteiger partial charge in [-0.15, -0.1) is 0 Å². The highest BCUT2D eigenvalue weighted by molar-refractivity contribution is 6.31. The molecule has 3 aromatic carbocycles. The van der Waals surface area contributed by atoms with Crippen LogP contribution >= 0.6 is 11.6 Å². The van der Waals surface area contributed by atoms with E-state index in [1.807, 2.05) is 24.3 Å². The molecular formula is C29H27ClN2O6. The van der Waals surface area contributed by atoms with Gasteiger partial charge in [-0.05, 0) is 68.8 Å². The number of esters is 1. The Morgan fingerprint density at radius 3 is 2.32 bits per heavy atom. The molecule has 0 bridgehead atoms.